The zero-order valence-corrected chi connectivity index (χ0v) is 34.3. The molecule has 0 amide bonds. The highest BCUT2D eigenvalue weighted by atomic mass is 15.2. The molecule has 4 saturated carbocycles. The van der Waals surface area contributed by atoms with Crippen LogP contribution in [0.4, 0.5) is 11.4 Å². The van der Waals surface area contributed by atoms with E-state index in [1.54, 1.807) is 22.3 Å². The van der Waals surface area contributed by atoms with Crippen molar-refractivity contribution < 1.29 is 0 Å². The molecule has 0 aromatic heterocycles. The number of allylic oxidation sites excluding steroid dienone is 4. The Morgan fingerprint density at radius 2 is 1.14 bits per heavy atom. The fourth-order valence-corrected chi connectivity index (χ4v) is 13.3. The molecule has 0 unspecified atom stereocenters. The van der Waals surface area contributed by atoms with Crippen molar-refractivity contribution in [1.29, 1.82) is 0 Å². The third-order valence-corrected chi connectivity index (χ3v) is 15.7. The van der Waals surface area contributed by atoms with Gasteiger partial charge < -0.3 is 4.90 Å². The van der Waals surface area contributed by atoms with Gasteiger partial charge in [-0.1, -0.05) is 133 Å². The lowest BCUT2D eigenvalue weighted by molar-refractivity contribution is -0.0408. The number of rotatable bonds is 6. The minimum absolute atomic E-state index is 0.0704. The molecule has 7 aliphatic carbocycles. The molecule has 0 radical (unpaired) electrons. The van der Waals surface area contributed by atoms with E-state index in [9.17, 15) is 0 Å². The number of hydrogen-bond donors (Lipinski definition) is 0. The first-order valence-electron chi connectivity index (χ1n) is 22.0. The monoisotopic (exact) mass is 731 g/mol. The van der Waals surface area contributed by atoms with Crippen LogP contribution in [0.3, 0.4) is 0 Å². The van der Waals surface area contributed by atoms with Crippen LogP contribution in [0.15, 0.2) is 127 Å². The average Bonchev–Trinajstić information content (AvgIpc) is 3.62. The quantitative estimate of drug-likeness (QED) is 0.168. The van der Waals surface area contributed by atoms with Crippen LogP contribution in [0.1, 0.15) is 132 Å². The molecular formula is C55H57N. The number of benzene rings is 5. The van der Waals surface area contributed by atoms with Crippen LogP contribution in [-0.4, -0.2) is 0 Å². The molecule has 4 fully saturated rings. The fourth-order valence-electron chi connectivity index (χ4n) is 13.3. The zero-order chi connectivity index (χ0) is 38.1. The molecule has 5 aromatic carbocycles. The molecule has 1 heteroatoms. The lowest BCUT2D eigenvalue weighted by Crippen LogP contribution is -2.55. The molecule has 7 aliphatic rings. The van der Waals surface area contributed by atoms with Gasteiger partial charge >= 0.3 is 0 Å². The molecule has 1 nitrogen and oxygen atoms in total. The molecular weight excluding hydrogens is 675 g/mol. The van der Waals surface area contributed by atoms with E-state index in [2.05, 4.69) is 162 Å². The van der Waals surface area contributed by atoms with Crippen molar-refractivity contribution in [3.05, 3.63) is 160 Å². The van der Waals surface area contributed by atoms with E-state index in [1.165, 1.54) is 93.7 Å². The summed E-state index contributed by atoms with van der Waals surface area (Å²) in [5, 5.41) is 0. The molecule has 1 spiro atoms. The van der Waals surface area contributed by atoms with Gasteiger partial charge in [0.25, 0.3) is 0 Å². The maximum atomic E-state index is 2.76. The summed E-state index contributed by atoms with van der Waals surface area (Å²) in [5.74, 6) is 4.32. The van der Waals surface area contributed by atoms with Gasteiger partial charge in [-0.15, -0.1) is 0 Å². The molecule has 0 aliphatic heterocycles. The Labute approximate surface area is 335 Å². The topological polar surface area (TPSA) is 3.24 Å². The average molecular weight is 732 g/mol. The smallest absolute Gasteiger partial charge is 0.0536 e. The summed E-state index contributed by atoms with van der Waals surface area (Å²) < 4.78 is 0. The molecule has 0 saturated heterocycles. The van der Waals surface area contributed by atoms with Gasteiger partial charge in [0.05, 0.1) is 5.69 Å². The van der Waals surface area contributed by atoms with Gasteiger partial charge in [-0.2, -0.15) is 0 Å². The van der Waals surface area contributed by atoms with Crippen molar-refractivity contribution in [1.82, 2.24) is 0 Å². The Morgan fingerprint density at radius 3 is 1.82 bits per heavy atom. The first-order chi connectivity index (χ1) is 27.1. The van der Waals surface area contributed by atoms with E-state index in [0.29, 0.717) is 11.8 Å². The summed E-state index contributed by atoms with van der Waals surface area (Å²) in [6.07, 6.45) is 12.0. The Bertz CT molecular complexity index is 2430. The molecule has 282 valence electrons. The molecule has 0 heterocycles. The summed E-state index contributed by atoms with van der Waals surface area (Å²) >= 11 is 0. The van der Waals surface area contributed by atoms with E-state index < -0.39 is 0 Å². The summed E-state index contributed by atoms with van der Waals surface area (Å²) in [6.45, 7) is 14.2. The number of anilines is 2. The van der Waals surface area contributed by atoms with Crippen molar-refractivity contribution in [2.24, 2.45) is 23.7 Å². The van der Waals surface area contributed by atoms with Crippen molar-refractivity contribution in [3.8, 4) is 22.3 Å². The minimum atomic E-state index is -0.0704. The predicted molar refractivity (Wildman–Crippen MR) is 236 cm³/mol. The van der Waals surface area contributed by atoms with Crippen molar-refractivity contribution in [2.75, 3.05) is 4.90 Å². The number of para-hydroxylation sites is 1. The summed E-state index contributed by atoms with van der Waals surface area (Å²) in [5.41, 5.74) is 21.8. The summed E-state index contributed by atoms with van der Waals surface area (Å²) in [4.78, 5) is 2.71. The minimum Gasteiger partial charge on any atom is -0.314 e. The number of hydrogen-bond acceptors (Lipinski definition) is 1. The van der Waals surface area contributed by atoms with Crippen LogP contribution >= 0.6 is 0 Å². The molecule has 56 heavy (non-hydrogen) atoms. The number of nitrogens with zero attached hydrogens (tertiary/aromatic N) is 1. The van der Waals surface area contributed by atoms with Crippen molar-refractivity contribution in [2.45, 2.75) is 109 Å². The second-order valence-electron chi connectivity index (χ2n) is 19.7. The molecule has 12 rings (SSSR count). The second kappa shape index (κ2) is 12.4. The van der Waals surface area contributed by atoms with E-state index in [1.807, 2.05) is 0 Å². The van der Waals surface area contributed by atoms with E-state index in [-0.39, 0.29) is 10.8 Å². The summed E-state index contributed by atoms with van der Waals surface area (Å²) in [6, 6.07) is 42.9. The molecule has 4 bridgehead atoms. The van der Waals surface area contributed by atoms with Crippen LogP contribution in [-0.2, 0) is 10.8 Å². The van der Waals surface area contributed by atoms with Gasteiger partial charge in [-0.3, -0.25) is 0 Å². The third-order valence-electron chi connectivity index (χ3n) is 15.7. The van der Waals surface area contributed by atoms with E-state index in [0.717, 1.165) is 36.5 Å². The van der Waals surface area contributed by atoms with Gasteiger partial charge in [0.1, 0.15) is 0 Å². The highest BCUT2D eigenvalue weighted by Gasteiger charge is 2.62. The predicted octanol–water partition coefficient (Wildman–Crippen LogP) is 14.9. The van der Waals surface area contributed by atoms with Gasteiger partial charge in [0.15, 0.2) is 0 Å². The fraction of sp³-hybridized carbons (Fsp3) is 0.382. The largest absolute Gasteiger partial charge is 0.314 e. The maximum absolute atomic E-state index is 2.76. The number of fused-ring (bicyclic) bond motifs is 5. The van der Waals surface area contributed by atoms with E-state index in [4.69, 9.17) is 0 Å². The van der Waals surface area contributed by atoms with Gasteiger partial charge in [0.2, 0.25) is 0 Å². The normalized spacial score (nSPS) is 26.1. The van der Waals surface area contributed by atoms with Crippen molar-refractivity contribution in [3.63, 3.8) is 0 Å². The SMILES string of the molecule is CC(C)c1cc(-c2ccccc2N(C2=CC3=C(CC2)c2ccccc2C32C3CC4CC(C3)CC2C4)c2ccc3c(c2)C(C)(C)c2ccccc2-3)cc(C(C)C)c1. The standard InChI is InChI=1S/C55H57N/c1-33(2)37-28-38(34(3)4)30-39(29-37)44-13-9-12-18-53(44)56(42-19-21-47-45-14-7-10-16-49(45)54(5,6)51(47)31-42)43-20-22-48-46-15-8-11-17-50(46)55(52(48)32-43)40-24-35-23-36(26-40)27-41(55)25-35/h7-19,21,28-36,40-41H,20,22-27H2,1-6H3. The second-order valence-corrected chi connectivity index (χ2v) is 19.7. The zero-order valence-electron chi connectivity index (χ0n) is 34.3. The van der Waals surface area contributed by atoms with Crippen LogP contribution < -0.4 is 4.90 Å². The summed E-state index contributed by atoms with van der Waals surface area (Å²) in [7, 11) is 0. The Kier molecular flexibility index (Phi) is 7.69. The van der Waals surface area contributed by atoms with Gasteiger partial charge in [-0.25, -0.2) is 0 Å². The Hall–Kier alpha value is -4.62. The van der Waals surface area contributed by atoms with Gasteiger partial charge in [0, 0.05) is 27.8 Å². The molecule has 0 atom stereocenters. The van der Waals surface area contributed by atoms with Crippen LogP contribution in [0.5, 0.6) is 0 Å². The first-order valence-corrected chi connectivity index (χ1v) is 22.0. The maximum Gasteiger partial charge on any atom is 0.0536 e. The van der Waals surface area contributed by atoms with Crippen LogP contribution in [0, 0.1) is 23.7 Å². The third kappa shape index (κ3) is 4.85. The van der Waals surface area contributed by atoms with Gasteiger partial charge in [-0.05, 0) is 166 Å². The van der Waals surface area contributed by atoms with Crippen LogP contribution in [0.25, 0.3) is 27.8 Å². The lowest BCUT2D eigenvalue weighted by Gasteiger charge is -2.61. The highest BCUT2D eigenvalue weighted by Crippen LogP contribution is 2.70. The molecule has 0 N–H and O–H groups in total. The van der Waals surface area contributed by atoms with E-state index >= 15 is 0 Å². The lowest BCUT2D eigenvalue weighted by atomic mass is 9.42. The van der Waals surface area contributed by atoms with Crippen molar-refractivity contribution >= 4 is 16.9 Å². The van der Waals surface area contributed by atoms with Crippen LogP contribution in [0.2, 0.25) is 0 Å². The molecule has 5 aromatic rings. The Morgan fingerprint density at radius 1 is 0.554 bits per heavy atom. The Balaban J connectivity index is 1.13. The highest BCUT2D eigenvalue weighted by molar-refractivity contribution is 5.90. The first kappa shape index (κ1) is 34.6.